The van der Waals surface area contributed by atoms with Crippen LogP contribution in [0.25, 0.3) is 0 Å². The van der Waals surface area contributed by atoms with Crippen LogP contribution in [-0.2, 0) is 0 Å². The molecule has 0 nitrogen and oxygen atoms in total. The molecule has 0 spiro atoms. The zero-order chi connectivity index (χ0) is 6.78. The number of rotatable bonds is 2. The third kappa shape index (κ3) is 3.20. The number of alkyl halides is 5. The lowest BCUT2D eigenvalue weighted by molar-refractivity contribution is 0.102. The summed E-state index contributed by atoms with van der Waals surface area (Å²) in [6.45, 7) is 0. The number of hydrogen-bond donors (Lipinski definition) is 0. The van der Waals surface area contributed by atoms with E-state index in [9.17, 15) is 8.78 Å². The van der Waals surface area contributed by atoms with E-state index in [4.69, 9.17) is 0 Å². The smallest absolute Gasteiger partial charge is 0.187 e. The van der Waals surface area contributed by atoms with Gasteiger partial charge >= 0.3 is 5.38 Å². The Labute approximate surface area is 67.8 Å². The molecule has 0 bridgehead atoms. The van der Waals surface area contributed by atoms with Gasteiger partial charge in [0.15, 0.2) is 0 Å². The average molecular weight is 272 g/mol. The third-order valence-electron chi connectivity index (χ3n) is 0.491. The minimum absolute atomic E-state index is 0.142. The van der Waals surface area contributed by atoms with Crippen LogP contribution in [0.3, 0.4) is 0 Å². The highest BCUT2D eigenvalue weighted by molar-refractivity contribution is 9.12. The lowest BCUT2D eigenvalue weighted by Gasteiger charge is -2.10. The maximum atomic E-state index is 11.8. The number of halogens is 5. The Morgan fingerprint density at radius 1 is 1.62 bits per heavy atom. The van der Waals surface area contributed by atoms with Crippen molar-refractivity contribution in [2.45, 2.75) is 10.2 Å². The summed E-state index contributed by atoms with van der Waals surface area (Å²) < 4.78 is 23.6. The topological polar surface area (TPSA) is 0 Å². The molecule has 0 aliphatic heterocycles. The van der Waals surface area contributed by atoms with Crippen molar-refractivity contribution in [3.8, 4) is 0 Å². The predicted molar refractivity (Wildman–Crippen MR) is 37.3 cm³/mol. The molecule has 1 atom stereocenters. The lowest BCUT2D eigenvalue weighted by atomic mass is 10.5. The molecular weight excluding hydrogens is 269 g/mol. The highest BCUT2D eigenvalue weighted by Crippen LogP contribution is 2.29. The van der Waals surface area contributed by atoms with Crippen LogP contribution in [0.2, 0.25) is 0 Å². The molecule has 0 heterocycles. The van der Waals surface area contributed by atoms with Crippen molar-refractivity contribution < 1.29 is 8.78 Å². The third-order valence-corrected chi connectivity index (χ3v) is 3.43. The Morgan fingerprint density at radius 2 is 2.00 bits per heavy atom. The summed E-state index contributed by atoms with van der Waals surface area (Å²) >= 11 is 10.1. The largest absolute Gasteiger partial charge is 0.334 e. The summed E-state index contributed by atoms with van der Waals surface area (Å²) in [7, 11) is 0. The van der Waals surface area contributed by atoms with E-state index in [0.29, 0.717) is 0 Å². The van der Waals surface area contributed by atoms with Crippen molar-refractivity contribution in [3.63, 3.8) is 0 Å². The molecule has 0 aliphatic rings. The Hall–Kier alpha value is 1.11. The molecule has 0 amide bonds. The van der Waals surface area contributed by atoms with Gasteiger partial charge < -0.3 is 0 Å². The Morgan fingerprint density at radius 3 is 2.00 bits per heavy atom. The molecule has 0 radical (unpaired) electrons. The first-order valence-corrected chi connectivity index (χ1v) is 4.16. The van der Waals surface area contributed by atoms with E-state index < -0.39 is 10.2 Å². The molecule has 0 aromatic carbocycles. The van der Waals surface area contributed by atoms with Crippen molar-refractivity contribution in [2.75, 3.05) is 5.33 Å². The van der Waals surface area contributed by atoms with Crippen LogP contribution in [0.15, 0.2) is 0 Å². The van der Waals surface area contributed by atoms with Crippen LogP contribution in [-0.4, -0.2) is 15.5 Å². The van der Waals surface area contributed by atoms with E-state index in [1.807, 2.05) is 0 Å². The molecule has 0 fully saturated rings. The van der Waals surface area contributed by atoms with Gasteiger partial charge in [-0.25, -0.2) is 0 Å². The summed E-state index contributed by atoms with van der Waals surface area (Å²) in [6.07, 6.45) is 0. The maximum Gasteiger partial charge on any atom is 0.334 e. The molecular formula is C3H3Br2ClF2. The van der Waals surface area contributed by atoms with E-state index in [1.165, 1.54) is 0 Å². The van der Waals surface area contributed by atoms with Crippen molar-refractivity contribution >= 4 is 43.5 Å². The van der Waals surface area contributed by atoms with E-state index in [2.05, 4.69) is 43.5 Å². The van der Waals surface area contributed by atoms with Crippen LogP contribution in [0.4, 0.5) is 8.78 Å². The Kier molecular flexibility index (Phi) is 3.78. The first-order valence-electron chi connectivity index (χ1n) is 1.75. The van der Waals surface area contributed by atoms with Gasteiger partial charge in [-0.15, -0.1) is 0 Å². The van der Waals surface area contributed by atoms with Crippen LogP contribution in [0.5, 0.6) is 0 Å². The molecule has 5 heteroatoms. The van der Waals surface area contributed by atoms with Gasteiger partial charge in [0, 0.05) is 5.33 Å². The summed E-state index contributed by atoms with van der Waals surface area (Å²) in [5, 5.41) is -3.01. The SMILES string of the molecule is FC(F)(Cl)C(Br)CBr. The molecule has 0 saturated heterocycles. The van der Waals surface area contributed by atoms with Gasteiger partial charge in [-0.2, -0.15) is 8.78 Å². The van der Waals surface area contributed by atoms with Gasteiger partial charge in [-0.1, -0.05) is 31.9 Å². The van der Waals surface area contributed by atoms with E-state index in [-0.39, 0.29) is 5.33 Å². The molecule has 0 aliphatic carbocycles. The molecule has 0 aromatic rings. The van der Waals surface area contributed by atoms with E-state index >= 15 is 0 Å². The second-order valence-corrected chi connectivity index (χ2v) is 3.42. The second kappa shape index (κ2) is 3.32. The maximum absolute atomic E-state index is 11.8. The van der Waals surface area contributed by atoms with Crippen molar-refractivity contribution in [1.29, 1.82) is 0 Å². The molecule has 1 unspecified atom stereocenters. The van der Waals surface area contributed by atoms with Crippen LogP contribution in [0.1, 0.15) is 0 Å². The summed E-state index contributed by atoms with van der Waals surface area (Å²) in [4.78, 5) is -0.989. The fraction of sp³-hybridized carbons (Fsp3) is 1.00. The molecule has 0 aromatic heterocycles. The highest BCUT2D eigenvalue weighted by atomic mass is 79.9. The monoisotopic (exact) mass is 270 g/mol. The van der Waals surface area contributed by atoms with Gasteiger partial charge in [-0.3, -0.25) is 0 Å². The normalized spacial score (nSPS) is 16.1. The zero-order valence-electron chi connectivity index (χ0n) is 3.67. The summed E-state index contributed by atoms with van der Waals surface area (Å²) in [6, 6.07) is 0. The highest BCUT2D eigenvalue weighted by Gasteiger charge is 2.33. The number of hydrogen-bond acceptors (Lipinski definition) is 0. The first-order chi connectivity index (χ1) is 3.48. The second-order valence-electron chi connectivity index (χ2n) is 1.16. The van der Waals surface area contributed by atoms with Crippen LogP contribution < -0.4 is 0 Å². The lowest BCUT2D eigenvalue weighted by Crippen LogP contribution is -2.22. The molecule has 8 heavy (non-hydrogen) atoms. The minimum Gasteiger partial charge on any atom is -0.187 e. The molecule has 50 valence electrons. The molecule has 0 N–H and O–H groups in total. The average Bonchev–Trinajstić information content (AvgIpc) is 1.62. The predicted octanol–water partition coefficient (Wildman–Crippen LogP) is 2.98. The minimum atomic E-state index is -3.15. The Bertz CT molecular complexity index is 72.2. The summed E-state index contributed by atoms with van der Waals surface area (Å²) in [5.41, 5.74) is 0. The van der Waals surface area contributed by atoms with E-state index in [1.54, 1.807) is 0 Å². The van der Waals surface area contributed by atoms with Crippen molar-refractivity contribution in [3.05, 3.63) is 0 Å². The summed E-state index contributed by atoms with van der Waals surface area (Å²) in [5.74, 6) is 0. The van der Waals surface area contributed by atoms with Crippen LogP contribution >= 0.6 is 43.5 Å². The van der Waals surface area contributed by atoms with Crippen LogP contribution in [0, 0.1) is 0 Å². The van der Waals surface area contributed by atoms with Gasteiger partial charge in [0.25, 0.3) is 0 Å². The van der Waals surface area contributed by atoms with Gasteiger partial charge in [-0.05, 0) is 11.6 Å². The molecule has 0 rings (SSSR count). The van der Waals surface area contributed by atoms with Gasteiger partial charge in [0.1, 0.15) is 4.83 Å². The Balaban J connectivity index is 3.62. The van der Waals surface area contributed by atoms with E-state index in [0.717, 1.165) is 0 Å². The van der Waals surface area contributed by atoms with Gasteiger partial charge in [0.05, 0.1) is 0 Å². The van der Waals surface area contributed by atoms with Crippen molar-refractivity contribution in [1.82, 2.24) is 0 Å². The fourth-order valence-corrected chi connectivity index (χ4v) is 0.758. The standard InChI is InChI=1S/C3H3Br2ClF2/c4-1-2(5)3(6,7)8/h2H,1H2. The molecule has 0 saturated carbocycles. The van der Waals surface area contributed by atoms with Gasteiger partial charge in [0.2, 0.25) is 0 Å². The fourth-order valence-electron chi connectivity index (χ4n) is 0.0875. The quantitative estimate of drug-likeness (QED) is 0.678. The first kappa shape index (κ1) is 9.11. The zero-order valence-corrected chi connectivity index (χ0v) is 7.60. The van der Waals surface area contributed by atoms with Crippen molar-refractivity contribution in [2.24, 2.45) is 0 Å².